The van der Waals surface area contributed by atoms with Crippen molar-refractivity contribution in [3.8, 4) is 0 Å². The molecule has 1 saturated carbocycles. The van der Waals surface area contributed by atoms with Crippen LogP contribution < -0.4 is 0 Å². The lowest BCUT2D eigenvalue weighted by Gasteiger charge is -2.24. The highest BCUT2D eigenvalue weighted by atomic mass is 16.1. The summed E-state index contributed by atoms with van der Waals surface area (Å²) >= 11 is 0. The summed E-state index contributed by atoms with van der Waals surface area (Å²) in [6.07, 6.45) is 7.07. The van der Waals surface area contributed by atoms with Crippen molar-refractivity contribution in [3.63, 3.8) is 0 Å². The maximum atomic E-state index is 11.3. The number of hydrogen-bond acceptors (Lipinski definition) is 2. The van der Waals surface area contributed by atoms with Crippen molar-refractivity contribution in [1.82, 2.24) is 9.55 Å². The standard InChI is InChI=1S/C15H18N2O/c1-11-6-5-9-13-15(11)16-14(10-18)17(13)12-7-3-2-4-8-12/h5-6,9-10,12H,2-4,7-8H2,1H3. The first-order valence-corrected chi connectivity index (χ1v) is 6.74. The van der Waals surface area contributed by atoms with Crippen LogP contribution in [0.25, 0.3) is 11.0 Å². The maximum absolute atomic E-state index is 11.3. The summed E-state index contributed by atoms with van der Waals surface area (Å²) in [4.78, 5) is 15.8. The number of para-hydroxylation sites is 1. The minimum atomic E-state index is 0.450. The fourth-order valence-electron chi connectivity index (χ4n) is 3.08. The summed E-state index contributed by atoms with van der Waals surface area (Å²) in [5, 5.41) is 0. The second-order valence-electron chi connectivity index (χ2n) is 5.19. The summed E-state index contributed by atoms with van der Waals surface area (Å²) in [5.41, 5.74) is 3.24. The van der Waals surface area contributed by atoms with E-state index < -0.39 is 0 Å². The van der Waals surface area contributed by atoms with Crippen LogP contribution in [0.5, 0.6) is 0 Å². The van der Waals surface area contributed by atoms with Crippen LogP contribution in [0.15, 0.2) is 18.2 Å². The van der Waals surface area contributed by atoms with Crippen LogP contribution >= 0.6 is 0 Å². The van der Waals surface area contributed by atoms with Crippen molar-refractivity contribution in [2.24, 2.45) is 0 Å². The van der Waals surface area contributed by atoms with Crippen LogP contribution in [-0.4, -0.2) is 15.8 Å². The van der Waals surface area contributed by atoms with Gasteiger partial charge >= 0.3 is 0 Å². The van der Waals surface area contributed by atoms with Crippen LogP contribution in [0.3, 0.4) is 0 Å². The zero-order valence-electron chi connectivity index (χ0n) is 10.7. The van der Waals surface area contributed by atoms with Gasteiger partial charge in [-0.05, 0) is 31.4 Å². The Hall–Kier alpha value is -1.64. The Bertz CT molecular complexity index is 579. The number of benzene rings is 1. The van der Waals surface area contributed by atoms with Crippen LogP contribution in [0, 0.1) is 6.92 Å². The highest BCUT2D eigenvalue weighted by Gasteiger charge is 2.21. The van der Waals surface area contributed by atoms with E-state index in [1.165, 1.54) is 32.1 Å². The summed E-state index contributed by atoms with van der Waals surface area (Å²) in [7, 11) is 0. The Morgan fingerprint density at radius 1 is 1.28 bits per heavy atom. The van der Waals surface area contributed by atoms with Crippen molar-refractivity contribution in [1.29, 1.82) is 0 Å². The molecule has 94 valence electrons. The summed E-state index contributed by atoms with van der Waals surface area (Å²) < 4.78 is 2.16. The fourth-order valence-corrected chi connectivity index (χ4v) is 3.08. The number of carbonyl (C=O) groups is 1. The SMILES string of the molecule is Cc1cccc2c1nc(C=O)n2C1CCCCC1. The third-order valence-electron chi connectivity index (χ3n) is 3.99. The average Bonchev–Trinajstić information content (AvgIpc) is 2.80. The van der Waals surface area contributed by atoms with E-state index >= 15 is 0 Å². The molecule has 1 fully saturated rings. The molecule has 1 aliphatic carbocycles. The number of aldehydes is 1. The van der Waals surface area contributed by atoms with Crippen LogP contribution in [0.1, 0.15) is 54.3 Å². The van der Waals surface area contributed by atoms with E-state index in [9.17, 15) is 4.79 Å². The zero-order valence-corrected chi connectivity index (χ0v) is 10.7. The molecule has 0 radical (unpaired) electrons. The molecule has 1 aromatic heterocycles. The van der Waals surface area contributed by atoms with Gasteiger partial charge in [-0.2, -0.15) is 0 Å². The number of aromatic nitrogens is 2. The van der Waals surface area contributed by atoms with Gasteiger partial charge in [-0.3, -0.25) is 4.79 Å². The maximum Gasteiger partial charge on any atom is 0.185 e. The minimum Gasteiger partial charge on any atom is -0.319 e. The molecule has 0 saturated heterocycles. The highest BCUT2D eigenvalue weighted by Crippen LogP contribution is 2.32. The lowest BCUT2D eigenvalue weighted by atomic mass is 9.95. The molecule has 0 amide bonds. The van der Waals surface area contributed by atoms with E-state index in [1.54, 1.807) is 0 Å². The van der Waals surface area contributed by atoms with E-state index in [0.717, 1.165) is 22.9 Å². The second-order valence-corrected chi connectivity index (χ2v) is 5.19. The van der Waals surface area contributed by atoms with Gasteiger partial charge < -0.3 is 4.57 Å². The van der Waals surface area contributed by atoms with Gasteiger partial charge in [0.1, 0.15) is 0 Å². The first-order valence-electron chi connectivity index (χ1n) is 6.74. The van der Waals surface area contributed by atoms with E-state index in [-0.39, 0.29) is 0 Å². The molecule has 1 heterocycles. The largest absolute Gasteiger partial charge is 0.319 e. The molecule has 3 nitrogen and oxygen atoms in total. The Morgan fingerprint density at radius 2 is 2.06 bits per heavy atom. The topological polar surface area (TPSA) is 34.9 Å². The number of rotatable bonds is 2. The Labute approximate surface area is 107 Å². The predicted molar refractivity (Wildman–Crippen MR) is 72.0 cm³/mol. The van der Waals surface area contributed by atoms with E-state index in [4.69, 9.17) is 0 Å². The van der Waals surface area contributed by atoms with E-state index in [0.29, 0.717) is 11.9 Å². The lowest BCUT2D eigenvalue weighted by Crippen LogP contribution is -2.15. The monoisotopic (exact) mass is 242 g/mol. The minimum absolute atomic E-state index is 0.450. The molecule has 0 aliphatic heterocycles. The number of imidazole rings is 1. The van der Waals surface area contributed by atoms with Crippen molar-refractivity contribution >= 4 is 17.3 Å². The quantitative estimate of drug-likeness (QED) is 0.753. The molecule has 1 aromatic carbocycles. The number of hydrogen-bond donors (Lipinski definition) is 0. The first kappa shape index (κ1) is 11.5. The molecule has 1 aliphatic rings. The third-order valence-corrected chi connectivity index (χ3v) is 3.99. The smallest absolute Gasteiger partial charge is 0.185 e. The Balaban J connectivity index is 2.19. The molecule has 0 bridgehead atoms. The molecule has 0 spiro atoms. The summed E-state index contributed by atoms with van der Waals surface area (Å²) in [6.45, 7) is 2.05. The van der Waals surface area contributed by atoms with E-state index in [1.807, 2.05) is 6.07 Å². The molecule has 3 heteroatoms. The van der Waals surface area contributed by atoms with Gasteiger partial charge in [0.2, 0.25) is 0 Å². The Kier molecular flexibility index (Phi) is 2.90. The Morgan fingerprint density at radius 3 is 2.78 bits per heavy atom. The zero-order chi connectivity index (χ0) is 12.5. The molecule has 18 heavy (non-hydrogen) atoms. The molecular weight excluding hydrogens is 224 g/mol. The summed E-state index contributed by atoms with van der Waals surface area (Å²) in [6, 6.07) is 6.63. The van der Waals surface area contributed by atoms with Gasteiger partial charge in [0.25, 0.3) is 0 Å². The van der Waals surface area contributed by atoms with Gasteiger partial charge in [0.05, 0.1) is 11.0 Å². The van der Waals surface area contributed by atoms with Crippen LogP contribution in [-0.2, 0) is 0 Å². The molecule has 0 N–H and O–H groups in total. The number of nitrogens with zero attached hydrogens (tertiary/aromatic N) is 2. The number of fused-ring (bicyclic) bond motifs is 1. The molecular formula is C15H18N2O. The van der Waals surface area contributed by atoms with Gasteiger partial charge in [-0.15, -0.1) is 0 Å². The van der Waals surface area contributed by atoms with Gasteiger partial charge in [0, 0.05) is 6.04 Å². The average molecular weight is 242 g/mol. The number of carbonyl (C=O) groups excluding carboxylic acids is 1. The highest BCUT2D eigenvalue weighted by molar-refractivity contribution is 5.85. The normalized spacial score (nSPS) is 17.2. The molecule has 2 aromatic rings. The van der Waals surface area contributed by atoms with Gasteiger partial charge in [-0.25, -0.2) is 4.98 Å². The van der Waals surface area contributed by atoms with Crippen molar-refractivity contribution in [3.05, 3.63) is 29.6 Å². The fraction of sp³-hybridized carbons (Fsp3) is 0.467. The van der Waals surface area contributed by atoms with Crippen LogP contribution in [0.2, 0.25) is 0 Å². The van der Waals surface area contributed by atoms with Gasteiger partial charge in [-0.1, -0.05) is 31.4 Å². The molecule has 0 unspecified atom stereocenters. The summed E-state index contributed by atoms with van der Waals surface area (Å²) in [5.74, 6) is 0.589. The second kappa shape index (κ2) is 4.56. The molecule has 3 rings (SSSR count). The molecule has 0 atom stereocenters. The predicted octanol–water partition coefficient (Wildman–Crippen LogP) is 3.66. The lowest BCUT2D eigenvalue weighted by molar-refractivity contribution is 0.110. The first-order chi connectivity index (χ1) is 8.81. The third kappa shape index (κ3) is 1.74. The van der Waals surface area contributed by atoms with E-state index in [2.05, 4.69) is 28.6 Å². The number of aryl methyl sites for hydroxylation is 1. The van der Waals surface area contributed by atoms with Gasteiger partial charge in [0.15, 0.2) is 12.1 Å². The van der Waals surface area contributed by atoms with Crippen molar-refractivity contribution < 1.29 is 4.79 Å². The van der Waals surface area contributed by atoms with Crippen molar-refractivity contribution in [2.45, 2.75) is 45.1 Å². The van der Waals surface area contributed by atoms with Crippen molar-refractivity contribution in [2.75, 3.05) is 0 Å². The van der Waals surface area contributed by atoms with Crippen LogP contribution in [0.4, 0.5) is 0 Å².